The zero-order chi connectivity index (χ0) is 14.7. The first-order chi connectivity index (χ1) is 9.49. The van der Waals surface area contributed by atoms with Crippen LogP contribution in [0, 0.1) is 15.9 Å². The maximum atomic E-state index is 13.2. The molecule has 0 aliphatic carbocycles. The number of nitrogens with zero attached hydrogens (tertiary/aromatic N) is 2. The van der Waals surface area contributed by atoms with Gasteiger partial charge >= 0.3 is 5.69 Å². The minimum Gasteiger partial charge on any atom is -0.350 e. The molecular formula is C13H16FN3O3. The molecule has 7 heteroatoms. The summed E-state index contributed by atoms with van der Waals surface area (Å²) in [7, 11) is 1.99. The molecule has 1 aliphatic rings. The predicted octanol–water partition coefficient (Wildman–Crippen LogP) is 1.56. The van der Waals surface area contributed by atoms with Crippen LogP contribution in [0.1, 0.15) is 23.2 Å². The summed E-state index contributed by atoms with van der Waals surface area (Å²) in [6, 6.07) is 3.43. The van der Waals surface area contributed by atoms with E-state index in [1.54, 1.807) is 0 Å². The topological polar surface area (TPSA) is 75.5 Å². The van der Waals surface area contributed by atoms with Gasteiger partial charge in [0.1, 0.15) is 0 Å². The molecule has 1 atom stereocenters. The number of nitro benzene ring substituents is 1. The molecule has 1 N–H and O–H groups in total. The van der Waals surface area contributed by atoms with E-state index < -0.39 is 22.3 Å². The monoisotopic (exact) mass is 281 g/mol. The van der Waals surface area contributed by atoms with Crippen LogP contribution in [0.2, 0.25) is 0 Å². The highest BCUT2D eigenvalue weighted by Gasteiger charge is 2.22. The van der Waals surface area contributed by atoms with E-state index in [0.717, 1.165) is 31.5 Å². The number of carbonyl (C=O) groups is 1. The minimum atomic E-state index is -0.943. The van der Waals surface area contributed by atoms with Gasteiger partial charge in [-0.05, 0) is 38.6 Å². The number of likely N-dealkylation sites (N-methyl/N-ethyl adjacent to an activating group) is 1. The van der Waals surface area contributed by atoms with Crippen molar-refractivity contribution in [3.8, 4) is 0 Å². The van der Waals surface area contributed by atoms with Crippen LogP contribution in [-0.2, 0) is 0 Å². The molecule has 1 aromatic carbocycles. The van der Waals surface area contributed by atoms with Gasteiger partial charge in [-0.3, -0.25) is 14.9 Å². The van der Waals surface area contributed by atoms with E-state index in [2.05, 4.69) is 10.2 Å². The quantitative estimate of drug-likeness (QED) is 0.671. The third kappa shape index (κ3) is 3.11. The second kappa shape index (κ2) is 5.96. The molecule has 108 valence electrons. The van der Waals surface area contributed by atoms with E-state index in [9.17, 15) is 19.3 Å². The van der Waals surface area contributed by atoms with Crippen LogP contribution in [0.4, 0.5) is 10.1 Å². The summed E-state index contributed by atoms with van der Waals surface area (Å²) in [6.07, 6.45) is 2.11. The summed E-state index contributed by atoms with van der Waals surface area (Å²) in [6.45, 7) is 1.49. The van der Waals surface area contributed by atoms with Gasteiger partial charge < -0.3 is 10.2 Å². The number of likely N-dealkylation sites (tertiary alicyclic amines) is 1. The standard InChI is InChI=1S/C13H16FN3O3/c1-16-6-2-3-10(16)8-15-13(18)9-4-5-11(14)12(7-9)17(19)20/h4-5,7,10H,2-3,6,8H2,1H3,(H,15,18). The van der Waals surface area contributed by atoms with Gasteiger partial charge in [-0.2, -0.15) is 4.39 Å². The van der Waals surface area contributed by atoms with Crippen molar-refractivity contribution in [1.82, 2.24) is 10.2 Å². The summed E-state index contributed by atoms with van der Waals surface area (Å²) in [5.41, 5.74) is -0.589. The van der Waals surface area contributed by atoms with Crippen molar-refractivity contribution in [2.75, 3.05) is 20.1 Å². The normalized spacial score (nSPS) is 19.0. The SMILES string of the molecule is CN1CCCC1CNC(=O)c1ccc(F)c([N+](=O)[O-])c1. The Morgan fingerprint density at radius 3 is 2.95 bits per heavy atom. The van der Waals surface area contributed by atoms with E-state index in [4.69, 9.17) is 0 Å². The number of halogens is 1. The third-order valence-corrected chi connectivity index (χ3v) is 3.57. The third-order valence-electron chi connectivity index (χ3n) is 3.57. The number of hydrogen-bond donors (Lipinski definition) is 1. The molecule has 0 spiro atoms. The van der Waals surface area contributed by atoms with Crippen LogP contribution in [0.3, 0.4) is 0 Å². The maximum Gasteiger partial charge on any atom is 0.305 e. The minimum absolute atomic E-state index is 0.0961. The van der Waals surface area contributed by atoms with Crippen molar-refractivity contribution < 1.29 is 14.1 Å². The van der Waals surface area contributed by atoms with Crippen LogP contribution in [0.5, 0.6) is 0 Å². The van der Waals surface area contributed by atoms with Crippen molar-refractivity contribution in [2.24, 2.45) is 0 Å². The Morgan fingerprint density at radius 1 is 1.60 bits per heavy atom. The summed E-state index contributed by atoms with van der Waals surface area (Å²) < 4.78 is 13.2. The van der Waals surface area contributed by atoms with Crippen LogP contribution < -0.4 is 5.32 Å². The molecule has 1 amide bonds. The number of nitrogens with one attached hydrogen (secondary N) is 1. The lowest BCUT2D eigenvalue weighted by Crippen LogP contribution is -2.38. The number of amides is 1. The average Bonchev–Trinajstić information content (AvgIpc) is 2.81. The van der Waals surface area contributed by atoms with Crippen LogP contribution in [-0.4, -0.2) is 41.9 Å². The smallest absolute Gasteiger partial charge is 0.305 e. The Labute approximate surface area is 115 Å². The molecule has 1 saturated heterocycles. The molecule has 1 aliphatic heterocycles. The number of carbonyl (C=O) groups excluding carboxylic acids is 1. The first-order valence-corrected chi connectivity index (χ1v) is 6.41. The van der Waals surface area contributed by atoms with Gasteiger partial charge in [0.15, 0.2) is 0 Å². The number of hydrogen-bond acceptors (Lipinski definition) is 4. The molecule has 1 heterocycles. The second-order valence-corrected chi connectivity index (χ2v) is 4.91. The number of benzene rings is 1. The number of rotatable bonds is 4. The van der Waals surface area contributed by atoms with Crippen molar-refractivity contribution in [2.45, 2.75) is 18.9 Å². The van der Waals surface area contributed by atoms with Gasteiger partial charge in [-0.25, -0.2) is 0 Å². The zero-order valence-electron chi connectivity index (χ0n) is 11.1. The summed E-state index contributed by atoms with van der Waals surface area (Å²) in [5.74, 6) is -1.37. The van der Waals surface area contributed by atoms with Crippen molar-refractivity contribution in [3.05, 3.63) is 39.7 Å². The highest BCUT2D eigenvalue weighted by atomic mass is 19.1. The van der Waals surface area contributed by atoms with Crippen molar-refractivity contribution in [1.29, 1.82) is 0 Å². The molecule has 0 saturated carbocycles. The van der Waals surface area contributed by atoms with Gasteiger partial charge in [-0.1, -0.05) is 0 Å². The highest BCUT2D eigenvalue weighted by molar-refractivity contribution is 5.94. The van der Waals surface area contributed by atoms with Crippen LogP contribution in [0.25, 0.3) is 0 Å². The molecule has 2 rings (SSSR count). The Morgan fingerprint density at radius 2 is 2.35 bits per heavy atom. The molecule has 0 radical (unpaired) electrons. The Hall–Kier alpha value is -2.02. The Bertz CT molecular complexity index is 536. The highest BCUT2D eigenvalue weighted by Crippen LogP contribution is 2.19. The largest absolute Gasteiger partial charge is 0.350 e. The lowest BCUT2D eigenvalue weighted by Gasteiger charge is -2.19. The lowest BCUT2D eigenvalue weighted by atomic mass is 10.1. The summed E-state index contributed by atoms with van der Waals surface area (Å²) >= 11 is 0. The molecule has 1 unspecified atom stereocenters. The van der Waals surface area contributed by atoms with Gasteiger partial charge in [0.25, 0.3) is 5.91 Å². The zero-order valence-corrected chi connectivity index (χ0v) is 11.1. The van der Waals surface area contributed by atoms with Crippen molar-refractivity contribution >= 4 is 11.6 Å². The van der Waals surface area contributed by atoms with E-state index in [0.29, 0.717) is 6.54 Å². The summed E-state index contributed by atoms with van der Waals surface area (Å²) in [4.78, 5) is 23.9. The van der Waals surface area contributed by atoms with E-state index >= 15 is 0 Å². The second-order valence-electron chi connectivity index (χ2n) is 4.91. The first-order valence-electron chi connectivity index (χ1n) is 6.41. The molecular weight excluding hydrogens is 265 g/mol. The van der Waals surface area contributed by atoms with Gasteiger partial charge in [0, 0.05) is 24.2 Å². The maximum absolute atomic E-state index is 13.2. The van der Waals surface area contributed by atoms with E-state index in [1.807, 2.05) is 7.05 Å². The predicted molar refractivity (Wildman–Crippen MR) is 71.0 cm³/mol. The van der Waals surface area contributed by atoms with Crippen LogP contribution in [0.15, 0.2) is 18.2 Å². The average molecular weight is 281 g/mol. The molecule has 20 heavy (non-hydrogen) atoms. The molecule has 1 aromatic rings. The van der Waals surface area contributed by atoms with E-state index in [-0.39, 0.29) is 11.6 Å². The number of nitro groups is 1. The van der Waals surface area contributed by atoms with Crippen LogP contribution >= 0.6 is 0 Å². The fourth-order valence-corrected chi connectivity index (χ4v) is 2.34. The molecule has 0 aromatic heterocycles. The summed E-state index contributed by atoms with van der Waals surface area (Å²) in [5, 5.41) is 13.4. The molecule has 6 nitrogen and oxygen atoms in total. The van der Waals surface area contributed by atoms with Gasteiger partial charge in [-0.15, -0.1) is 0 Å². The van der Waals surface area contributed by atoms with Crippen molar-refractivity contribution in [3.63, 3.8) is 0 Å². The molecule has 1 fully saturated rings. The fourth-order valence-electron chi connectivity index (χ4n) is 2.34. The van der Waals surface area contributed by atoms with E-state index in [1.165, 1.54) is 6.07 Å². The van der Waals surface area contributed by atoms with Gasteiger partial charge in [0.05, 0.1) is 4.92 Å². The Balaban J connectivity index is 2.02. The Kier molecular flexibility index (Phi) is 4.29. The first kappa shape index (κ1) is 14.4. The van der Waals surface area contributed by atoms with Gasteiger partial charge in [0.2, 0.25) is 5.82 Å². The molecule has 0 bridgehead atoms. The fraction of sp³-hybridized carbons (Fsp3) is 0.462. The lowest BCUT2D eigenvalue weighted by molar-refractivity contribution is -0.387.